The van der Waals surface area contributed by atoms with Gasteiger partial charge in [0.1, 0.15) is 0 Å². The maximum Gasteiger partial charge on any atom is 0.221 e. The lowest BCUT2D eigenvalue weighted by Crippen LogP contribution is -2.10. The normalized spacial score (nSPS) is 10.4. The summed E-state index contributed by atoms with van der Waals surface area (Å²) in [5.74, 6) is -0.404. The third-order valence-corrected chi connectivity index (χ3v) is 0.764. The Morgan fingerprint density at radius 1 is 1.89 bits per heavy atom. The van der Waals surface area contributed by atoms with Gasteiger partial charge in [-0.1, -0.05) is 5.57 Å². The fourth-order valence-electron chi connectivity index (χ4n) is 0.436. The van der Waals surface area contributed by atoms with E-state index in [9.17, 15) is 4.79 Å². The van der Waals surface area contributed by atoms with E-state index in [1.807, 2.05) is 0 Å². The topological polar surface area (TPSA) is 66.9 Å². The number of carbonyl (C=O) groups excluding carboxylic acids is 1. The molecular weight excluding hydrogens is 116 g/mol. The van der Waals surface area contributed by atoms with E-state index in [2.05, 4.69) is 0 Å². The van der Waals surface area contributed by atoms with Crippen LogP contribution in [0, 0.1) is 11.3 Å². The molecule has 0 aromatic rings. The van der Waals surface area contributed by atoms with Crippen LogP contribution in [-0.4, -0.2) is 5.91 Å². The minimum absolute atomic E-state index is 0.174. The van der Waals surface area contributed by atoms with Gasteiger partial charge >= 0.3 is 0 Å². The molecule has 0 aromatic carbocycles. The SMILES string of the molecule is C/C(=C\C#N)CC(N)=O. The number of nitrogens with zero attached hydrogens (tertiary/aromatic N) is 1. The van der Waals surface area contributed by atoms with Gasteiger partial charge < -0.3 is 5.73 Å². The van der Waals surface area contributed by atoms with Crippen molar-refractivity contribution < 1.29 is 4.79 Å². The number of allylic oxidation sites excluding steroid dienone is 1. The molecule has 0 fully saturated rings. The van der Waals surface area contributed by atoms with Gasteiger partial charge in [-0.25, -0.2) is 0 Å². The van der Waals surface area contributed by atoms with Crippen LogP contribution in [0.25, 0.3) is 0 Å². The fourth-order valence-corrected chi connectivity index (χ4v) is 0.436. The standard InChI is InChI=1S/C6H8N2O/c1-5(2-3-7)4-6(8)9/h2H,4H2,1H3,(H2,8,9)/b5-2+. The van der Waals surface area contributed by atoms with Gasteiger partial charge in [-0.3, -0.25) is 4.79 Å². The smallest absolute Gasteiger partial charge is 0.221 e. The van der Waals surface area contributed by atoms with Crippen LogP contribution in [0.3, 0.4) is 0 Å². The predicted molar refractivity (Wildman–Crippen MR) is 33.2 cm³/mol. The molecule has 0 saturated carbocycles. The van der Waals surface area contributed by atoms with Gasteiger partial charge in [0.25, 0.3) is 0 Å². The summed E-state index contributed by atoms with van der Waals surface area (Å²) in [5.41, 5.74) is 5.53. The van der Waals surface area contributed by atoms with Gasteiger partial charge in [0.05, 0.1) is 6.07 Å². The number of nitriles is 1. The molecule has 0 unspecified atom stereocenters. The van der Waals surface area contributed by atoms with Gasteiger partial charge in [0.15, 0.2) is 0 Å². The number of nitrogens with two attached hydrogens (primary N) is 1. The minimum atomic E-state index is -0.404. The summed E-state index contributed by atoms with van der Waals surface area (Å²) in [7, 11) is 0. The highest BCUT2D eigenvalue weighted by molar-refractivity contribution is 5.76. The summed E-state index contributed by atoms with van der Waals surface area (Å²) in [6.07, 6.45) is 1.48. The molecule has 0 aliphatic rings. The van der Waals surface area contributed by atoms with Gasteiger partial charge in [-0.2, -0.15) is 5.26 Å². The van der Waals surface area contributed by atoms with Crippen molar-refractivity contribution in [2.24, 2.45) is 5.73 Å². The van der Waals surface area contributed by atoms with Crippen molar-refractivity contribution in [3.8, 4) is 6.07 Å². The Labute approximate surface area is 53.8 Å². The molecule has 3 nitrogen and oxygen atoms in total. The predicted octanol–water partition coefficient (Wildman–Crippen LogP) is 0.332. The summed E-state index contributed by atoms with van der Waals surface area (Å²) in [6.45, 7) is 1.69. The van der Waals surface area contributed by atoms with Gasteiger partial charge in [-0.15, -0.1) is 0 Å². The van der Waals surface area contributed by atoms with E-state index in [4.69, 9.17) is 11.0 Å². The molecule has 0 spiro atoms. The van der Waals surface area contributed by atoms with Crippen molar-refractivity contribution in [1.29, 1.82) is 5.26 Å². The molecule has 0 radical (unpaired) electrons. The number of carbonyl (C=O) groups is 1. The Morgan fingerprint density at radius 3 is 2.78 bits per heavy atom. The zero-order chi connectivity index (χ0) is 7.28. The van der Waals surface area contributed by atoms with Crippen molar-refractivity contribution >= 4 is 5.91 Å². The van der Waals surface area contributed by atoms with Gasteiger partial charge in [-0.05, 0) is 6.92 Å². The second-order valence-electron chi connectivity index (χ2n) is 1.76. The van der Waals surface area contributed by atoms with Crippen molar-refractivity contribution in [2.75, 3.05) is 0 Å². The quantitative estimate of drug-likeness (QED) is 0.539. The number of hydrogen-bond donors (Lipinski definition) is 1. The molecule has 0 bridgehead atoms. The Bertz CT molecular complexity index is 176. The highest BCUT2D eigenvalue weighted by atomic mass is 16.1. The number of rotatable bonds is 2. The molecule has 9 heavy (non-hydrogen) atoms. The van der Waals surface area contributed by atoms with Crippen LogP contribution in [0.4, 0.5) is 0 Å². The molecule has 0 aliphatic heterocycles. The maximum absolute atomic E-state index is 10.2. The van der Waals surface area contributed by atoms with E-state index in [1.165, 1.54) is 6.08 Å². The van der Waals surface area contributed by atoms with E-state index in [0.717, 1.165) is 0 Å². The average molecular weight is 124 g/mol. The van der Waals surface area contributed by atoms with Gasteiger partial charge in [0, 0.05) is 12.5 Å². The van der Waals surface area contributed by atoms with E-state index in [-0.39, 0.29) is 6.42 Å². The lowest BCUT2D eigenvalue weighted by atomic mass is 10.2. The summed E-state index contributed by atoms with van der Waals surface area (Å²) in [6, 6.07) is 1.80. The Balaban J connectivity index is 3.80. The summed E-state index contributed by atoms with van der Waals surface area (Å²) >= 11 is 0. The first kappa shape index (κ1) is 7.70. The molecule has 48 valence electrons. The first-order chi connectivity index (χ1) is 4.16. The molecule has 0 atom stereocenters. The molecule has 1 amide bonds. The highest BCUT2D eigenvalue weighted by Gasteiger charge is 1.93. The lowest BCUT2D eigenvalue weighted by molar-refractivity contribution is -0.117. The van der Waals surface area contributed by atoms with Crippen LogP contribution < -0.4 is 5.73 Å². The summed E-state index contributed by atoms with van der Waals surface area (Å²) in [5, 5.41) is 8.07. The minimum Gasteiger partial charge on any atom is -0.369 e. The molecule has 2 N–H and O–H groups in total. The van der Waals surface area contributed by atoms with Crippen molar-refractivity contribution in [3.63, 3.8) is 0 Å². The summed E-state index contributed by atoms with van der Waals surface area (Å²) < 4.78 is 0. The van der Waals surface area contributed by atoms with Crippen molar-refractivity contribution in [1.82, 2.24) is 0 Å². The number of hydrogen-bond acceptors (Lipinski definition) is 2. The highest BCUT2D eigenvalue weighted by Crippen LogP contribution is 1.95. The van der Waals surface area contributed by atoms with Crippen molar-refractivity contribution in [3.05, 3.63) is 11.6 Å². The van der Waals surface area contributed by atoms with Crippen LogP contribution in [0.15, 0.2) is 11.6 Å². The molecule has 0 saturated heterocycles. The Kier molecular flexibility index (Phi) is 3.14. The second kappa shape index (κ2) is 3.67. The fraction of sp³-hybridized carbons (Fsp3) is 0.333. The monoisotopic (exact) mass is 124 g/mol. The summed E-state index contributed by atoms with van der Waals surface area (Å²) in [4.78, 5) is 10.2. The second-order valence-corrected chi connectivity index (χ2v) is 1.76. The van der Waals surface area contributed by atoms with Crippen LogP contribution >= 0.6 is 0 Å². The third-order valence-electron chi connectivity index (χ3n) is 0.764. The van der Waals surface area contributed by atoms with Crippen molar-refractivity contribution in [2.45, 2.75) is 13.3 Å². The first-order valence-electron chi connectivity index (χ1n) is 2.50. The molecule has 0 rings (SSSR count). The van der Waals surface area contributed by atoms with Gasteiger partial charge in [0.2, 0.25) is 5.91 Å². The van der Waals surface area contributed by atoms with Crippen LogP contribution in [-0.2, 0) is 4.79 Å². The molecule has 3 heteroatoms. The molecule has 0 aliphatic carbocycles. The van der Waals surface area contributed by atoms with E-state index in [0.29, 0.717) is 5.57 Å². The van der Waals surface area contributed by atoms with Crippen LogP contribution in [0.1, 0.15) is 13.3 Å². The van der Waals surface area contributed by atoms with E-state index in [1.54, 1.807) is 13.0 Å². The van der Waals surface area contributed by atoms with E-state index < -0.39 is 5.91 Å². The number of amides is 1. The first-order valence-corrected chi connectivity index (χ1v) is 2.50. The Hall–Kier alpha value is -1.30. The zero-order valence-corrected chi connectivity index (χ0v) is 5.22. The molecular formula is C6H8N2O. The number of primary amides is 1. The lowest BCUT2D eigenvalue weighted by Gasteiger charge is -1.89. The zero-order valence-electron chi connectivity index (χ0n) is 5.22. The Morgan fingerprint density at radius 2 is 2.44 bits per heavy atom. The van der Waals surface area contributed by atoms with Crippen LogP contribution in [0.5, 0.6) is 0 Å². The van der Waals surface area contributed by atoms with E-state index >= 15 is 0 Å². The van der Waals surface area contributed by atoms with Crippen LogP contribution in [0.2, 0.25) is 0 Å². The molecule has 0 aromatic heterocycles. The maximum atomic E-state index is 10.2. The third kappa shape index (κ3) is 4.56. The average Bonchev–Trinajstić information content (AvgIpc) is 1.63. The molecule has 0 heterocycles. The largest absolute Gasteiger partial charge is 0.369 e.